The monoisotopic (exact) mass is 296 g/mol. The minimum atomic E-state index is -0.186. The molecule has 0 aliphatic rings. The van der Waals surface area contributed by atoms with E-state index in [2.05, 4.69) is 13.8 Å². The van der Waals surface area contributed by atoms with Gasteiger partial charge in [-0.15, -0.1) is 0 Å². The van der Waals surface area contributed by atoms with Gasteiger partial charge in [-0.3, -0.25) is 4.79 Å². The van der Waals surface area contributed by atoms with Crippen molar-refractivity contribution in [1.82, 2.24) is 4.90 Å². The van der Waals surface area contributed by atoms with Crippen LogP contribution >= 0.6 is 11.6 Å². The molecule has 0 saturated carbocycles. The van der Waals surface area contributed by atoms with Crippen LogP contribution in [0.15, 0.2) is 24.3 Å². The van der Waals surface area contributed by atoms with Gasteiger partial charge in [0.1, 0.15) is 0 Å². The van der Waals surface area contributed by atoms with E-state index in [1.807, 2.05) is 38.2 Å². The zero-order chi connectivity index (χ0) is 15.3. The number of likely N-dealkylation sites (N-methyl/N-ethyl adjacent to an activating group) is 1. The van der Waals surface area contributed by atoms with Gasteiger partial charge in [0.2, 0.25) is 5.91 Å². The van der Waals surface area contributed by atoms with Crippen molar-refractivity contribution in [2.45, 2.75) is 39.2 Å². The molecule has 0 aliphatic heterocycles. The molecule has 1 aromatic rings. The quantitative estimate of drug-likeness (QED) is 0.876. The first-order valence-electron chi connectivity index (χ1n) is 7.09. The van der Waals surface area contributed by atoms with Crippen LogP contribution in [0, 0.1) is 5.92 Å². The highest BCUT2D eigenvalue weighted by Crippen LogP contribution is 2.21. The van der Waals surface area contributed by atoms with E-state index in [9.17, 15) is 4.79 Å². The second-order valence-electron chi connectivity index (χ2n) is 5.73. The standard InChI is InChI=1S/C16H25ClN2O/c1-11(2)15(18)8-9-19(4)16(20)12(3)13-6-5-7-14(17)10-13/h5-7,10-12,15H,8-9,18H2,1-4H3. The summed E-state index contributed by atoms with van der Waals surface area (Å²) >= 11 is 5.97. The van der Waals surface area contributed by atoms with E-state index >= 15 is 0 Å². The Morgan fingerprint density at radius 3 is 2.55 bits per heavy atom. The lowest BCUT2D eigenvalue weighted by Gasteiger charge is -2.24. The van der Waals surface area contributed by atoms with E-state index in [0.29, 0.717) is 17.5 Å². The molecule has 1 amide bonds. The molecular formula is C16H25ClN2O. The van der Waals surface area contributed by atoms with Crippen LogP contribution in [0.3, 0.4) is 0 Å². The number of nitrogens with zero attached hydrogens (tertiary/aromatic N) is 1. The molecule has 3 nitrogen and oxygen atoms in total. The van der Waals surface area contributed by atoms with E-state index in [1.54, 1.807) is 4.90 Å². The molecule has 2 unspecified atom stereocenters. The molecule has 0 fully saturated rings. The van der Waals surface area contributed by atoms with Crippen LogP contribution < -0.4 is 5.73 Å². The summed E-state index contributed by atoms with van der Waals surface area (Å²) in [6.07, 6.45) is 0.822. The first-order chi connectivity index (χ1) is 9.32. The van der Waals surface area contributed by atoms with Gasteiger partial charge in [0.05, 0.1) is 5.92 Å². The highest BCUT2D eigenvalue weighted by Gasteiger charge is 2.20. The number of carbonyl (C=O) groups excluding carboxylic acids is 1. The fraction of sp³-hybridized carbons (Fsp3) is 0.562. The largest absolute Gasteiger partial charge is 0.345 e. The maximum absolute atomic E-state index is 12.4. The summed E-state index contributed by atoms with van der Waals surface area (Å²) in [6.45, 7) is 6.79. The normalized spacial score (nSPS) is 14.2. The van der Waals surface area contributed by atoms with E-state index in [1.165, 1.54) is 0 Å². The Bertz CT molecular complexity index is 448. The third kappa shape index (κ3) is 4.80. The zero-order valence-electron chi connectivity index (χ0n) is 12.8. The topological polar surface area (TPSA) is 46.3 Å². The van der Waals surface area contributed by atoms with Crippen LogP contribution in [0.1, 0.15) is 38.7 Å². The molecular weight excluding hydrogens is 272 g/mol. The number of amides is 1. The average molecular weight is 297 g/mol. The summed E-state index contributed by atoms with van der Waals surface area (Å²) in [6, 6.07) is 7.59. The van der Waals surface area contributed by atoms with E-state index in [-0.39, 0.29) is 17.9 Å². The molecule has 112 valence electrons. The molecule has 0 radical (unpaired) electrons. The second kappa shape index (κ2) is 7.65. The SMILES string of the molecule is CC(C(=O)N(C)CCC(N)C(C)C)c1cccc(Cl)c1. The Balaban J connectivity index is 2.60. The molecule has 1 aromatic carbocycles. The molecule has 1 rings (SSSR count). The van der Waals surface area contributed by atoms with Crippen molar-refractivity contribution in [3.63, 3.8) is 0 Å². The first-order valence-corrected chi connectivity index (χ1v) is 7.46. The fourth-order valence-corrected chi connectivity index (χ4v) is 2.23. The summed E-state index contributed by atoms with van der Waals surface area (Å²) < 4.78 is 0. The molecule has 0 aliphatic carbocycles. The number of carbonyl (C=O) groups is 1. The molecule has 4 heteroatoms. The molecule has 0 heterocycles. The van der Waals surface area contributed by atoms with Crippen LogP contribution in [0.4, 0.5) is 0 Å². The van der Waals surface area contributed by atoms with Crippen molar-refractivity contribution in [2.75, 3.05) is 13.6 Å². The Kier molecular flexibility index (Phi) is 6.50. The Morgan fingerprint density at radius 2 is 2.00 bits per heavy atom. The van der Waals surface area contributed by atoms with Gasteiger partial charge in [-0.1, -0.05) is 37.6 Å². The highest BCUT2D eigenvalue weighted by atomic mass is 35.5. The van der Waals surface area contributed by atoms with Crippen molar-refractivity contribution in [2.24, 2.45) is 11.7 Å². The van der Waals surface area contributed by atoms with Gasteiger partial charge in [0.25, 0.3) is 0 Å². The summed E-state index contributed by atoms with van der Waals surface area (Å²) in [7, 11) is 1.83. The maximum Gasteiger partial charge on any atom is 0.229 e. The van der Waals surface area contributed by atoms with E-state index in [4.69, 9.17) is 17.3 Å². The predicted octanol–water partition coefficient (Wildman–Crippen LogP) is 3.28. The Hall–Kier alpha value is -1.06. The van der Waals surface area contributed by atoms with Crippen LogP contribution in [-0.2, 0) is 4.79 Å². The minimum absolute atomic E-state index is 0.100. The van der Waals surface area contributed by atoms with Crippen molar-refractivity contribution in [1.29, 1.82) is 0 Å². The van der Waals surface area contributed by atoms with Gasteiger partial charge in [-0.2, -0.15) is 0 Å². The molecule has 2 N–H and O–H groups in total. The lowest BCUT2D eigenvalue weighted by molar-refractivity contribution is -0.131. The summed E-state index contributed by atoms with van der Waals surface area (Å²) in [5, 5.41) is 0.659. The molecule has 0 bridgehead atoms. The lowest BCUT2D eigenvalue weighted by Crippen LogP contribution is -2.36. The summed E-state index contributed by atoms with van der Waals surface area (Å²) in [5.41, 5.74) is 6.96. The van der Waals surface area contributed by atoms with Gasteiger partial charge >= 0.3 is 0 Å². The minimum Gasteiger partial charge on any atom is -0.345 e. The molecule has 0 saturated heterocycles. The van der Waals surface area contributed by atoms with Crippen molar-refractivity contribution < 1.29 is 4.79 Å². The Labute approximate surface area is 127 Å². The fourth-order valence-electron chi connectivity index (χ4n) is 2.04. The third-order valence-corrected chi connectivity index (χ3v) is 3.98. The number of nitrogens with two attached hydrogens (primary N) is 1. The van der Waals surface area contributed by atoms with Crippen LogP contribution in [-0.4, -0.2) is 30.4 Å². The number of hydrogen-bond donors (Lipinski definition) is 1. The predicted molar refractivity (Wildman–Crippen MR) is 84.9 cm³/mol. The van der Waals surface area contributed by atoms with Gasteiger partial charge in [-0.05, 0) is 37.0 Å². The number of halogens is 1. The first kappa shape index (κ1) is 17.0. The number of benzene rings is 1. The number of rotatable bonds is 6. The van der Waals surface area contributed by atoms with Gasteiger partial charge in [0.15, 0.2) is 0 Å². The zero-order valence-corrected chi connectivity index (χ0v) is 13.5. The van der Waals surface area contributed by atoms with Crippen LogP contribution in [0.2, 0.25) is 5.02 Å². The van der Waals surface area contributed by atoms with Crippen LogP contribution in [0.5, 0.6) is 0 Å². The summed E-state index contributed by atoms with van der Waals surface area (Å²) in [4.78, 5) is 14.1. The Morgan fingerprint density at radius 1 is 1.35 bits per heavy atom. The number of hydrogen-bond acceptors (Lipinski definition) is 2. The van der Waals surface area contributed by atoms with Gasteiger partial charge in [0, 0.05) is 24.7 Å². The van der Waals surface area contributed by atoms with Crippen LogP contribution in [0.25, 0.3) is 0 Å². The summed E-state index contributed by atoms with van der Waals surface area (Å²) in [5.74, 6) is 0.348. The van der Waals surface area contributed by atoms with E-state index in [0.717, 1.165) is 12.0 Å². The molecule has 0 aromatic heterocycles. The smallest absolute Gasteiger partial charge is 0.229 e. The highest BCUT2D eigenvalue weighted by molar-refractivity contribution is 6.30. The molecule has 0 spiro atoms. The van der Waals surface area contributed by atoms with Crippen molar-refractivity contribution >= 4 is 17.5 Å². The maximum atomic E-state index is 12.4. The van der Waals surface area contributed by atoms with Crippen molar-refractivity contribution in [3.8, 4) is 0 Å². The molecule has 20 heavy (non-hydrogen) atoms. The van der Waals surface area contributed by atoms with Crippen molar-refractivity contribution in [3.05, 3.63) is 34.9 Å². The van der Waals surface area contributed by atoms with Gasteiger partial charge in [-0.25, -0.2) is 0 Å². The third-order valence-electron chi connectivity index (χ3n) is 3.75. The van der Waals surface area contributed by atoms with E-state index < -0.39 is 0 Å². The molecule has 2 atom stereocenters. The lowest BCUT2D eigenvalue weighted by atomic mass is 9.99. The average Bonchev–Trinajstić information content (AvgIpc) is 2.42. The second-order valence-corrected chi connectivity index (χ2v) is 6.17. The van der Waals surface area contributed by atoms with Gasteiger partial charge < -0.3 is 10.6 Å².